The number of nitrogens with two attached hydrogens (primary N) is 2. The summed E-state index contributed by atoms with van der Waals surface area (Å²) in [6, 6.07) is 8.40. The van der Waals surface area contributed by atoms with E-state index in [0.717, 1.165) is 72.0 Å². The molecule has 6 rings (SSSR count). The molecule has 0 saturated carbocycles. The van der Waals surface area contributed by atoms with E-state index in [-0.39, 0.29) is 11.6 Å². The van der Waals surface area contributed by atoms with Crippen LogP contribution in [0.4, 0.5) is 17.3 Å². The second kappa shape index (κ2) is 9.27. The fourth-order valence-corrected chi connectivity index (χ4v) is 6.00. The topological polar surface area (TPSA) is 132 Å². The van der Waals surface area contributed by atoms with Crippen molar-refractivity contribution in [3.63, 3.8) is 0 Å². The quantitative estimate of drug-likeness (QED) is 0.357. The van der Waals surface area contributed by atoms with Crippen molar-refractivity contribution in [1.29, 1.82) is 0 Å². The van der Waals surface area contributed by atoms with Crippen molar-refractivity contribution >= 4 is 28.7 Å². The van der Waals surface area contributed by atoms with Crippen molar-refractivity contribution in [3.8, 4) is 22.0 Å². The molecule has 2 aliphatic rings. The number of anilines is 3. The molecule has 186 valence electrons. The first-order valence-electron chi connectivity index (χ1n) is 12.4. The summed E-state index contributed by atoms with van der Waals surface area (Å²) < 4.78 is 5.57. The Hall–Kier alpha value is -3.34. The Kier molecular flexibility index (Phi) is 5.94. The number of benzene rings is 1. The first kappa shape index (κ1) is 23.1. The Bertz CT molecular complexity index is 1340. The fourth-order valence-electron chi connectivity index (χ4n) is 4.85. The molecule has 9 nitrogen and oxygen atoms in total. The van der Waals surface area contributed by atoms with Gasteiger partial charge in [0.1, 0.15) is 10.7 Å². The summed E-state index contributed by atoms with van der Waals surface area (Å²) in [6.07, 6.45) is 9.81. The third-order valence-electron chi connectivity index (χ3n) is 7.08. The van der Waals surface area contributed by atoms with Crippen molar-refractivity contribution in [2.75, 3.05) is 23.3 Å². The number of hydrogen-bond donors (Lipinski definition) is 3. The molecule has 1 unspecified atom stereocenters. The Balaban J connectivity index is 1.27. The van der Waals surface area contributed by atoms with E-state index in [0.29, 0.717) is 17.4 Å². The van der Waals surface area contributed by atoms with E-state index >= 15 is 0 Å². The average molecular weight is 503 g/mol. The predicted octanol–water partition coefficient (Wildman–Crippen LogP) is 4.65. The number of oxazole rings is 1. The average Bonchev–Trinajstić information content (AvgIpc) is 3.56. The summed E-state index contributed by atoms with van der Waals surface area (Å²) in [7, 11) is 0. The van der Waals surface area contributed by atoms with Gasteiger partial charge >= 0.3 is 0 Å². The van der Waals surface area contributed by atoms with Crippen LogP contribution in [0.15, 0.2) is 47.5 Å². The van der Waals surface area contributed by atoms with Gasteiger partial charge in [-0.1, -0.05) is 0 Å². The van der Waals surface area contributed by atoms with Crippen molar-refractivity contribution in [3.05, 3.63) is 53.6 Å². The molecule has 4 aromatic rings. The normalized spacial score (nSPS) is 19.2. The fraction of sp³-hybridized carbons (Fsp3) is 0.385. The monoisotopic (exact) mass is 502 g/mol. The van der Waals surface area contributed by atoms with Gasteiger partial charge in [0.15, 0.2) is 12.2 Å². The van der Waals surface area contributed by atoms with Crippen molar-refractivity contribution in [2.45, 2.75) is 50.6 Å². The van der Waals surface area contributed by atoms with Crippen LogP contribution in [0.2, 0.25) is 0 Å². The zero-order valence-electron chi connectivity index (χ0n) is 20.3. The summed E-state index contributed by atoms with van der Waals surface area (Å²) in [5.41, 5.74) is 17.3. The second-order valence-corrected chi connectivity index (χ2v) is 11.0. The number of nitrogens with zero attached hydrogens (tertiary/aromatic N) is 5. The lowest BCUT2D eigenvalue weighted by Gasteiger charge is -2.38. The summed E-state index contributed by atoms with van der Waals surface area (Å²) in [5, 5.41) is 4.17. The van der Waals surface area contributed by atoms with Gasteiger partial charge in [-0.2, -0.15) is 0 Å². The summed E-state index contributed by atoms with van der Waals surface area (Å²) in [6.45, 7) is 4.07. The first-order valence-corrected chi connectivity index (χ1v) is 13.2. The van der Waals surface area contributed by atoms with Gasteiger partial charge in [0, 0.05) is 47.1 Å². The van der Waals surface area contributed by atoms with Crippen LogP contribution in [0, 0.1) is 0 Å². The van der Waals surface area contributed by atoms with Crippen LogP contribution in [0.5, 0.6) is 0 Å². The lowest BCUT2D eigenvalue weighted by molar-refractivity contribution is 0.364. The molecular weight excluding hydrogens is 472 g/mol. The van der Waals surface area contributed by atoms with Gasteiger partial charge in [0.25, 0.3) is 0 Å². The number of thiazole rings is 1. The molecule has 36 heavy (non-hydrogen) atoms. The minimum absolute atomic E-state index is 0.0326. The molecule has 1 aliphatic carbocycles. The molecule has 1 fully saturated rings. The number of hydrogen-bond acceptors (Lipinski definition) is 10. The smallest absolute Gasteiger partial charge is 0.227 e. The summed E-state index contributed by atoms with van der Waals surface area (Å²) in [5.74, 6) is 1.10. The molecule has 1 aromatic carbocycles. The second-order valence-electron chi connectivity index (χ2n) is 9.96. The molecule has 0 radical (unpaired) electrons. The predicted molar refractivity (Wildman–Crippen MR) is 142 cm³/mol. The standard InChI is InChI=1S/C26H30N8OS/c1-26(28)9-11-34(12-10-26)17-7-5-16(6-8-17)31-25-30-13-18(21-14-29-15-35-21)22(33-25)24-32-20-4-2-3-19(27)23(20)36-24/h5-8,13-15,19H,2-4,9-12,27-28H2,1H3,(H,30,31,33). The largest absolute Gasteiger partial charge is 0.443 e. The van der Waals surface area contributed by atoms with Crippen LogP contribution in [-0.4, -0.2) is 38.6 Å². The Morgan fingerprint density at radius 3 is 2.67 bits per heavy atom. The molecule has 4 heterocycles. The van der Waals surface area contributed by atoms with Gasteiger partial charge in [-0.05, 0) is 63.3 Å². The van der Waals surface area contributed by atoms with Crippen LogP contribution in [0.3, 0.4) is 0 Å². The molecule has 5 N–H and O–H groups in total. The maximum Gasteiger partial charge on any atom is 0.227 e. The highest BCUT2D eigenvalue weighted by Crippen LogP contribution is 2.39. The number of fused-ring (bicyclic) bond motifs is 1. The maximum atomic E-state index is 6.37. The number of nitrogens with one attached hydrogen (secondary N) is 1. The maximum absolute atomic E-state index is 6.37. The van der Waals surface area contributed by atoms with Gasteiger partial charge in [0.2, 0.25) is 5.95 Å². The Morgan fingerprint density at radius 1 is 1.14 bits per heavy atom. The van der Waals surface area contributed by atoms with Crippen molar-refractivity contribution < 1.29 is 4.42 Å². The van der Waals surface area contributed by atoms with E-state index in [4.69, 9.17) is 25.9 Å². The molecule has 0 spiro atoms. The zero-order valence-corrected chi connectivity index (χ0v) is 21.1. The molecular formula is C26H30N8OS. The molecule has 1 saturated heterocycles. The van der Waals surface area contributed by atoms with Crippen LogP contribution in [-0.2, 0) is 6.42 Å². The van der Waals surface area contributed by atoms with Gasteiger partial charge in [-0.3, -0.25) is 0 Å². The minimum atomic E-state index is -0.0628. The highest BCUT2D eigenvalue weighted by molar-refractivity contribution is 7.15. The van der Waals surface area contributed by atoms with E-state index in [1.54, 1.807) is 23.7 Å². The third-order valence-corrected chi connectivity index (χ3v) is 8.31. The summed E-state index contributed by atoms with van der Waals surface area (Å²) in [4.78, 5) is 21.9. The van der Waals surface area contributed by atoms with E-state index in [9.17, 15) is 0 Å². The van der Waals surface area contributed by atoms with Crippen molar-refractivity contribution in [1.82, 2.24) is 19.9 Å². The number of rotatable bonds is 5. The molecule has 3 aromatic heterocycles. The van der Waals surface area contributed by atoms with Gasteiger partial charge in [0.05, 0.1) is 17.5 Å². The van der Waals surface area contributed by atoms with Crippen molar-refractivity contribution in [2.24, 2.45) is 11.5 Å². The Morgan fingerprint density at radius 2 is 1.94 bits per heavy atom. The van der Waals surface area contributed by atoms with E-state index in [1.807, 2.05) is 0 Å². The first-order chi connectivity index (χ1) is 17.4. The molecule has 1 aliphatic heterocycles. The lowest BCUT2D eigenvalue weighted by atomic mass is 9.91. The van der Waals surface area contributed by atoms with E-state index in [1.165, 1.54) is 12.1 Å². The van der Waals surface area contributed by atoms with Gasteiger partial charge < -0.3 is 26.1 Å². The molecule has 1 atom stereocenters. The van der Waals surface area contributed by atoms with Gasteiger partial charge in [-0.25, -0.2) is 19.9 Å². The van der Waals surface area contributed by atoms with Crippen LogP contribution in [0.25, 0.3) is 22.0 Å². The van der Waals surface area contributed by atoms with Crippen LogP contribution in [0.1, 0.15) is 49.2 Å². The Labute approximate surface area is 214 Å². The highest BCUT2D eigenvalue weighted by atomic mass is 32.1. The number of piperidine rings is 1. The minimum Gasteiger partial charge on any atom is -0.443 e. The SMILES string of the molecule is CC1(N)CCN(c2ccc(Nc3ncc(-c4cnco4)c(-c4nc5c(s4)C(N)CCC5)n3)cc2)CC1. The number of aromatic nitrogens is 4. The highest BCUT2D eigenvalue weighted by Gasteiger charge is 2.27. The third kappa shape index (κ3) is 4.59. The number of aryl methyl sites for hydroxylation is 1. The molecule has 10 heteroatoms. The van der Waals surface area contributed by atoms with E-state index in [2.05, 4.69) is 51.4 Å². The molecule has 0 amide bonds. The van der Waals surface area contributed by atoms with Crippen LogP contribution < -0.4 is 21.7 Å². The summed E-state index contributed by atoms with van der Waals surface area (Å²) >= 11 is 1.61. The molecule has 0 bridgehead atoms. The zero-order chi connectivity index (χ0) is 24.7. The lowest BCUT2D eigenvalue weighted by Crippen LogP contribution is -2.48. The van der Waals surface area contributed by atoms with Gasteiger partial charge in [-0.15, -0.1) is 11.3 Å². The van der Waals surface area contributed by atoms with Crippen LogP contribution >= 0.6 is 11.3 Å². The van der Waals surface area contributed by atoms with E-state index < -0.39 is 0 Å².